The van der Waals surface area contributed by atoms with Crippen molar-refractivity contribution in [1.82, 2.24) is 4.31 Å². The summed E-state index contributed by atoms with van der Waals surface area (Å²) in [5.74, 6) is 0. The van der Waals surface area contributed by atoms with E-state index in [1.165, 1.54) is 15.6 Å². The van der Waals surface area contributed by atoms with E-state index in [0.29, 0.717) is 10.6 Å². The van der Waals surface area contributed by atoms with E-state index in [-0.39, 0.29) is 6.04 Å². The van der Waals surface area contributed by atoms with Gasteiger partial charge < -0.3 is 5.11 Å². The zero-order valence-electron chi connectivity index (χ0n) is 10.0. The third kappa shape index (κ3) is 2.80. The van der Waals surface area contributed by atoms with Crippen molar-refractivity contribution >= 4 is 37.3 Å². The van der Waals surface area contributed by atoms with Gasteiger partial charge in [0.2, 0.25) is 0 Å². The normalized spacial score (nSPS) is 25.6. The Morgan fingerprint density at radius 1 is 1.39 bits per heavy atom. The average Bonchev–Trinajstić information content (AvgIpc) is 2.76. The van der Waals surface area contributed by atoms with Crippen LogP contribution >= 0.6 is 27.3 Å². The van der Waals surface area contributed by atoms with Gasteiger partial charge in [-0.15, -0.1) is 11.3 Å². The molecule has 1 aromatic rings. The highest BCUT2D eigenvalue weighted by atomic mass is 79.9. The second-order valence-corrected chi connectivity index (χ2v) is 9.19. The molecule has 0 aromatic carbocycles. The molecule has 1 fully saturated rings. The van der Waals surface area contributed by atoms with Crippen molar-refractivity contribution < 1.29 is 13.5 Å². The quantitative estimate of drug-likeness (QED) is 0.907. The summed E-state index contributed by atoms with van der Waals surface area (Å²) < 4.78 is 27.2. The Labute approximate surface area is 120 Å². The summed E-state index contributed by atoms with van der Waals surface area (Å²) in [5, 5.41) is 9.94. The first kappa shape index (κ1) is 14.5. The highest BCUT2D eigenvalue weighted by Gasteiger charge is 2.34. The lowest BCUT2D eigenvalue weighted by Crippen LogP contribution is -2.45. The summed E-state index contributed by atoms with van der Waals surface area (Å²) in [6.07, 6.45) is 2.79. The van der Waals surface area contributed by atoms with Gasteiger partial charge in [0.05, 0.1) is 15.9 Å². The number of hydrogen-bond donors (Lipinski definition) is 1. The van der Waals surface area contributed by atoms with E-state index in [1.807, 2.05) is 0 Å². The summed E-state index contributed by atoms with van der Waals surface area (Å²) in [5.41, 5.74) is 0. The summed E-state index contributed by atoms with van der Waals surface area (Å²) in [6.45, 7) is 0. The number of likely N-dealkylation sites (N-methyl/N-ethyl adjacent to an activating group) is 1. The highest BCUT2D eigenvalue weighted by molar-refractivity contribution is 9.11. The van der Waals surface area contributed by atoms with E-state index in [4.69, 9.17) is 0 Å². The van der Waals surface area contributed by atoms with Gasteiger partial charge in [-0.3, -0.25) is 0 Å². The third-order valence-corrected chi connectivity index (χ3v) is 7.32. The number of nitrogens with zero attached hydrogens (tertiary/aromatic N) is 1. The zero-order valence-corrected chi connectivity index (χ0v) is 13.3. The van der Waals surface area contributed by atoms with Crippen LogP contribution in [0.5, 0.6) is 0 Å². The van der Waals surface area contributed by atoms with Crippen LogP contribution in [-0.2, 0) is 10.0 Å². The molecule has 0 radical (unpaired) electrons. The van der Waals surface area contributed by atoms with Gasteiger partial charge >= 0.3 is 0 Å². The molecule has 1 N–H and O–H groups in total. The first-order valence-corrected chi connectivity index (χ1v) is 8.89. The van der Waals surface area contributed by atoms with Gasteiger partial charge in [-0.2, -0.15) is 4.31 Å². The van der Waals surface area contributed by atoms with Crippen molar-refractivity contribution in [2.24, 2.45) is 0 Å². The van der Waals surface area contributed by atoms with Gasteiger partial charge in [0.1, 0.15) is 4.21 Å². The van der Waals surface area contributed by atoms with Gasteiger partial charge in [-0.1, -0.05) is 12.8 Å². The van der Waals surface area contributed by atoms with E-state index in [9.17, 15) is 13.5 Å². The summed E-state index contributed by atoms with van der Waals surface area (Å²) in [7, 11) is -1.93. The van der Waals surface area contributed by atoms with Gasteiger partial charge in [-0.05, 0) is 40.9 Å². The van der Waals surface area contributed by atoms with Crippen LogP contribution in [0, 0.1) is 0 Å². The van der Waals surface area contributed by atoms with Gasteiger partial charge in [0.15, 0.2) is 0 Å². The van der Waals surface area contributed by atoms with Crippen molar-refractivity contribution in [2.45, 2.75) is 42.0 Å². The Kier molecular flexibility index (Phi) is 4.48. The molecular weight excluding hydrogens is 338 g/mol. The Balaban J connectivity index is 2.24. The van der Waals surface area contributed by atoms with E-state index in [1.54, 1.807) is 19.2 Å². The maximum Gasteiger partial charge on any atom is 0.252 e. The first-order valence-electron chi connectivity index (χ1n) is 5.84. The second-order valence-electron chi connectivity index (χ2n) is 4.50. The first-order chi connectivity index (χ1) is 8.43. The Morgan fingerprint density at radius 3 is 2.61 bits per heavy atom. The number of halogens is 1. The Bertz CT molecular complexity index is 514. The second kappa shape index (κ2) is 5.58. The van der Waals surface area contributed by atoms with Gasteiger partial charge in [-0.25, -0.2) is 8.42 Å². The number of aliphatic hydroxyl groups is 1. The lowest BCUT2D eigenvalue weighted by Gasteiger charge is -2.34. The minimum atomic E-state index is -3.49. The van der Waals surface area contributed by atoms with Crippen LogP contribution in [0.25, 0.3) is 0 Å². The fourth-order valence-electron chi connectivity index (χ4n) is 2.27. The van der Waals surface area contributed by atoms with Crippen molar-refractivity contribution in [3.05, 3.63) is 15.9 Å². The fourth-order valence-corrected chi connectivity index (χ4v) is 5.88. The van der Waals surface area contributed by atoms with Crippen LogP contribution in [0.1, 0.15) is 25.7 Å². The zero-order chi connectivity index (χ0) is 13.3. The highest BCUT2D eigenvalue weighted by Crippen LogP contribution is 2.31. The lowest BCUT2D eigenvalue weighted by molar-refractivity contribution is 0.0638. The van der Waals surface area contributed by atoms with Crippen LogP contribution in [0.2, 0.25) is 0 Å². The number of rotatable bonds is 3. The number of thiophene rings is 1. The van der Waals surface area contributed by atoms with E-state index < -0.39 is 16.1 Å². The molecule has 0 bridgehead atoms. The van der Waals surface area contributed by atoms with Crippen LogP contribution in [0.15, 0.2) is 20.1 Å². The Morgan fingerprint density at radius 2 is 2.06 bits per heavy atom. The molecule has 0 aliphatic heterocycles. The molecule has 0 spiro atoms. The largest absolute Gasteiger partial charge is 0.391 e. The third-order valence-electron chi connectivity index (χ3n) is 3.34. The SMILES string of the molecule is CN([C@H]1CCCC[C@H]1O)S(=O)(=O)c1ccc(Br)s1. The van der Waals surface area contributed by atoms with Gasteiger partial charge in [0.25, 0.3) is 10.0 Å². The molecule has 2 atom stereocenters. The summed E-state index contributed by atoms with van der Waals surface area (Å²) in [4.78, 5) is 0. The number of hydrogen-bond acceptors (Lipinski definition) is 4. The molecule has 0 amide bonds. The van der Waals surface area contributed by atoms with Crippen LogP contribution in [0.3, 0.4) is 0 Å². The predicted octanol–water partition coefficient (Wildman–Crippen LogP) is 2.43. The number of sulfonamides is 1. The molecule has 2 rings (SSSR count). The predicted molar refractivity (Wildman–Crippen MR) is 75.2 cm³/mol. The maximum absolute atomic E-state index is 12.4. The van der Waals surface area contributed by atoms with Crippen LogP contribution in [0.4, 0.5) is 0 Å². The molecule has 18 heavy (non-hydrogen) atoms. The molecule has 0 saturated heterocycles. The fraction of sp³-hybridized carbons (Fsp3) is 0.636. The van der Waals surface area contributed by atoms with E-state index >= 15 is 0 Å². The molecule has 1 heterocycles. The van der Waals surface area contributed by atoms with E-state index in [0.717, 1.165) is 23.0 Å². The molecule has 102 valence electrons. The van der Waals surface area contributed by atoms with Crippen LogP contribution in [-0.4, -0.2) is 37.0 Å². The molecule has 0 unspecified atom stereocenters. The van der Waals surface area contributed by atoms with Gasteiger partial charge in [0, 0.05) is 7.05 Å². The summed E-state index contributed by atoms with van der Waals surface area (Å²) >= 11 is 4.46. The van der Waals surface area contributed by atoms with Crippen molar-refractivity contribution in [3.8, 4) is 0 Å². The standard InChI is InChI=1S/C11H16BrNO3S2/c1-13(8-4-2-3-5-9(8)14)18(15,16)11-7-6-10(12)17-11/h6-9,14H,2-5H2,1H3/t8-,9+/m0/s1. The average molecular weight is 354 g/mol. The minimum Gasteiger partial charge on any atom is -0.391 e. The molecule has 1 aliphatic carbocycles. The summed E-state index contributed by atoms with van der Waals surface area (Å²) in [6, 6.07) is 3.02. The smallest absolute Gasteiger partial charge is 0.252 e. The molecule has 1 aliphatic rings. The molecule has 1 aromatic heterocycles. The lowest BCUT2D eigenvalue weighted by atomic mass is 9.93. The molecule has 1 saturated carbocycles. The minimum absolute atomic E-state index is 0.301. The monoisotopic (exact) mass is 353 g/mol. The van der Waals surface area contributed by atoms with Crippen LogP contribution < -0.4 is 0 Å². The topological polar surface area (TPSA) is 57.6 Å². The molecular formula is C11H16BrNO3S2. The maximum atomic E-state index is 12.4. The van der Waals surface area contributed by atoms with E-state index in [2.05, 4.69) is 15.9 Å². The van der Waals surface area contributed by atoms with Crippen molar-refractivity contribution in [2.75, 3.05) is 7.05 Å². The Hall–Kier alpha value is 0.0500. The molecule has 4 nitrogen and oxygen atoms in total. The molecule has 7 heteroatoms. The van der Waals surface area contributed by atoms with Crippen molar-refractivity contribution in [3.63, 3.8) is 0 Å². The van der Waals surface area contributed by atoms with Crippen molar-refractivity contribution in [1.29, 1.82) is 0 Å². The number of aliphatic hydroxyl groups excluding tert-OH is 1.